The third-order valence-electron chi connectivity index (χ3n) is 17.3. The van der Waals surface area contributed by atoms with Gasteiger partial charge in [0, 0.05) is 6.42 Å². The molecule has 3 rings (SSSR count). The van der Waals surface area contributed by atoms with Crippen molar-refractivity contribution in [3.05, 3.63) is 60.8 Å². The zero-order valence-electron chi connectivity index (χ0n) is 54.6. The number of amides is 1. The van der Waals surface area contributed by atoms with Crippen LogP contribution in [-0.4, -0.2) is 193 Å². The topological polar surface area (TPSA) is 307 Å². The molecule has 3 aliphatic heterocycles. The summed E-state index contributed by atoms with van der Waals surface area (Å²) in [4.78, 5) is 13.4. The molecule has 3 fully saturated rings. The van der Waals surface area contributed by atoms with Crippen molar-refractivity contribution in [1.82, 2.24) is 5.32 Å². The lowest BCUT2D eigenvalue weighted by atomic mass is 9.96. The van der Waals surface area contributed by atoms with Gasteiger partial charge in [-0.2, -0.15) is 0 Å². The van der Waals surface area contributed by atoms with E-state index in [1.807, 2.05) is 6.08 Å². The van der Waals surface area contributed by atoms with Gasteiger partial charge in [-0.25, -0.2) is 0 Å². The third-order valence-corrected chi connectivity index (χ3v) is 17.3. The number of aliphatic hydroxyl groups excluding tert-OH is 11. The van der Waals surface area contributed by atoms with E-state index in [-0.39, 0.29) is 18.9 Å². The number of carbonyl (C=O) groups is 1. The Morgan fingerprint density at radius 2 is 0.753 bits per heavy atom. The van der Waals surface area contributed by atoms with Crippen molar-refractivity contribution in [1.29, 1.82) is 0 Å². The van der Waals surface area contributed by atoms with Gasteiger partial charge in [0.15, 0.2) is 18.9 Å². The molecule has 1 amide bonds. The molecule has 12 N–H and O–H groups in total. The highest BCUT2D eigenvalue weighted by Gasteiger charge is 2.53. The first kappa shape index (κ1) is 80.7. The van der Waals surface area contributed by atoms with E-state index in [0.29, 0.717) is 12.8 Å². The van der Waals surface area contributed by atoms with Gasteiger partial charge in [0.1, 0.15) is 73.2 Å². The van der Waals surface area contributed by atoms with Crippen LogP contribution in [0.15, 0.2) is 60.8 Å². The molecular formula is C70H125NO18. The summed E-state index contributed by atoms with van der Waals surface area (Å²) in [5.41, 5.74) is 0. The summed E-state index contributed by atoms with van der Waals surface area (Å²) >= 11 is 0. The van der Waals surface area contributed by atoms with Crippen molar-refractivity contribution < 1.29 is 89.4 Å². The molecule has 19 heteroatoms. The predicted octanol–water partition coefficient (Wildman–Crippen LogP) is 9.16. The molecular weight excluding hydrogens is 1140 g/mol. The maximum absolute atomic E-state index is 13.4. The zero-order chi connectivity index (χ0) is 64.7. The number of unbranched alkanes of at least 4 members (excludes halogenated alkanes) is 29. The Kier molecular flexibility index (Phi) is 47.0. The van der Waals surface area contributed by atoms with Crippen LogP contribution in [0.5, 0.6) is 0 Å². The monoisotopic (exact) mass is 1270 g/mol. The summed E-state index contributed by atoms with van der Waals surface area (Å²) in [5.74, 6) is -0.304. The number of aliphatic hydroxyl groups is 11. The van der Waals surface area contributed by atoms with Crippen LogP contribution in [0, 0.1) is 0 Å². The van der Waals surface area contributed by atoms with Gasteiger partial charge >= 0.3 is 0 Å². The maximum Gasteiger partial charge on any atom is 0.220 e. The summed E-state index contributed by atoms with van der Waals surface area (Å²) in [6.07, 6.45) is 36.4. The minimum atomic E-state index is -1.99. The fourth-order valence-electron chi connectivity index (χ4n) is 11.5. The second kappa shape index (κ2) is 51.8. The van der Waals surface area contributed by atoms with Crippen molar-refractivity contribution in [2.75, 3.05) is 26.4 Å². The third kappa shape index (κ3) is 33.9. The number of ether oxygens (including phenoxy) is 6. The molecule has 518 valence electrons. The molecule has 3 heterocycles. The quantitative estimate of drug-likeness (QED) is 0.0199. The molecule has 0 radical (unpaired) electrons. The summed E-state index contributed by atoms with van der Waals surface area (Å²) in [7, 11) is 0. The molecule has 89 heavy (non-hydrogen) atoms. The number of rotatable bonds is 53. The van der Waals surface area contributed by atoms with Gasteiger partial charge < -0.3 is 89.9 Å². The molecule has 19 nitrogen and oxygen atoms in total. The van der Waals surface area contributed by atoms with Crippen molar-refractivity contribution in [3.8, 4) is 0 Å². The molecule has 0 aromatic heterocycles. The smallest absolute Gasteiger partial charge is 0.220 e. The lowest BCUT2D eigenvalue weighted by molar-refractivity contribution is -0.379. The Balaban J connectivity index is 1.45. The summed E-state index contributed by atoms with van der Waals surface area (Å²) in [6, 6.07) is -1.01. The molecule has 3 aliphatic rings. The van der Waals surface area contributed by atoms with Crippen LogP contribution < -0.4 is 5.32 Å². The first-order valence-electron chi connectivity index (χ1n) is 35.0. The summed E-state index contributed by atoms with van der Waals surface area (Å²) in [6.45, 7) is 1.68. The molecule has 0 bridgehead atoms. The minimum Gasteiger partial charge on any atom is -0.394 e. The van der Waals surface area contributed by atoms with Crippen LogP contribution in [0.4, 0.5) is 0 Å². The molecule has 0 aliphatic carbocycles. The van der Waals surface area contributed by atoms with E-state index in [0.717, 1.165) is 70.6 Å². The number of nitrogens with one attached hydrogen (secondary N) is 1. The van der Waals surface area contributed by atoms with Gasteiger partial charge in [-0.15, -0.1) is 0 Å². The molecule has 3 saturated heterocycles. The van der Waals surface area contributed by atoms with E-state index < -0.39 is 124 Å². The van der Waals surface area contributed by atoms with Crippen LogP contribution in [0.3, 0.4) is 0 Å². The van der Waals surface area contributed by atoms with E-state index in [1.165, 1.54) is 141 Å². The normalized spacial score (nSPS) is 28.6. The van der Waals surface area contributed by atoms with Gasteiger partial charge in [-0.05, 0) is 77.0 Å². The van der Waals surface area contributed by atoms with Crippen molar-refractivity contribution >= 4 is 5.91 Å². The van der Waals surface area contributed by atoms with Crippen molar-refractivity contribution in [2.24, 2.45) is 0 Å². The summed E-state index contributed by atoms with van der Waals surface area (Å²) in [5, 5.41) is 120. The highest BCUT2D eigenvalue weighted by atomic mass is 16.8. The number of carbonyl (C=O) groups excluding carboxylic acids is 1. The molecule has 0 aromatic rings. The Bertz CT molecular complexity index is 1850. The van der Waals surface area contributed by atoms with Gasteiger partial charge in [0.25, 0.3) is 0 Å². The molecule has 0 aromatic carbocycles. The number of hydrogen-bond acceptors (Lipinski definition) is 18. The lowest BCUT2D eigenvalue weighted by Crippen LogP contribution is -2.66. The van der Waals surface area contributed by atoms with E-state index in [4.69, 9.17) is 28.4 Å². The standard InChI is InChI=1S/C70H125NO18/c1-3-5-7-9-11-13-15-17-19-21-22-23-24-25-26-27-28-29-30-31-32-33-35-37-39-41-43-45-47-54(75)53(71-58(76)48-46-44-42-40-38-36-34-20-18-16-14-12-10-8-6-4-2)52-84-68-64(82)61(79)66(56(50-73)86-68)89-70-65(83)62(80)67(57(51-74)87-70)88-69-63(81)60(78)59(77)55(49-72)85-69/h14,16,20,31-32,34,37,39,45,47,53-57,59-70,72-75,77-83H,3-13,15,17-19,21-30,33,35-36,38,40-44,46,48-52H2,1-2H3,(H,71,76)/b16-14-,32-31+,34-20-,39-37+,47-45+. The second-order valence-corrected chi connectivity index (χ2v) is 25.0. The first-order chi connectivity index (χ1) is 43.3. The van der Waals surface area contributed by atoms with Crippen LogP contribution in [-0.2, 0) is 33.2 Å². The molecule has 17 atom stereocenters. The Morgan fingerprint density at radius 3 is 1.20 bits per heavy atom. The van der Waals surface area contributed by atoms with Crippen LogP contribution in [0.1, 0.15) is 245 Å². The number of allylic oxidation sites excluding steroid dienone is 9. The van der Waals surface area contributed by atoms with Gasteiger partial charge in [0.2, 0.25) is 5.91 Å². The van der Waals surface area contributed by atoms with E-state index in [2.05, 4.69) is 67.8 Å². The van der Waals surface area contributed by atoms with E-state index >= 15 is 0 Å². The van der Waals surface area contributed by atoms with Gasteiger partial charge in [0.05, 0.1) is 38.6 Å². The van der Waals surface area contributed by atoms with E-state index in [9.17, 15) is 61.0 Å². The fraction of sp³-hybridized carbons (Fsp3) is 0.843. The Hall–Kier alpha value is -2.51. The van der Waals surface area contributed by atoms with Crippen molar-refractivity contribution in [3.63, 3.8) is 0 Å². The van der Waals surface area contributed by atoms with Gasteiger partial charge in [-0.1, -0.05) is 222 Å². The largest absolute Gasteiger partial charge is 0.394 e. The average molecular weight is 1270 g/mol. The first-order valence-corrected chi connectivity index (χ1v) is 35.0. The van der Waals surface area contributed by atoms with Gasteiger partial charge in [-0.3, -0.25) is 4.79 Å². The predicted molar refractivity (Wildman–Crippen MR) is 346 cm³/mol. The lowest BCUT2D eigenvalue weighted by Gasteiger charge is -2.48. The van der Waals surface area contributed by atoms with Crippen molar-refractivity contribution in [2.45, 2.75) is 349 Å². The molecule has 0 saturated carbocycles. The maximum atomic E-state index is 13.4. The van der Waals surface area contributed by atoms with E-state index in [1.54, 1.807) is 6.08 Å². The Labute approximate surface area is 535 Å². The minimum absolute atomic E-state index is 0.214. The SMILES string of the molecule is CCCCCC/C=C\C/C=C\CCCCCCCC(=O)NC(COC1OC(CO)C(OC2OC(CO)C(OC3OC(CO)C(O)C(O)C3O)C(O)C2O)C(O)C1O)C(O)/C=C/CC/C=C/CC/C=C/CCCCCCCCCCCCCCCCCCCC. The molecule has 0 spiro atoms. The fourth-order valence-corrected chi connectivity index (χ4v) is 11.5. The Morgan fingerprint density at radius 1 is 0.404 bits per heavy atom. The summed E-state index contributed by atoms with van der Waals surface area (Å²) < 4.78 is 34.3. The average Bonchev–Trinajstić information content (AvgIpc) is 2.43. The van der Waals surface area contributed by atoms with Crippen LogP contribution >= 0.6 is 0 Å². The zero-order valence-corrected chi connectivity index (χ0v) is 54.6. The highest BCUT2D eigenvalue weighted by molar-refractivity contribution is 5.76. The number of hydrogen-bond donors (Lipinski definition) is 12. The van der Waals surface area contributed by atoms with Crippen LogP contribution in [0.25, 0.3) is 0 Å². The second-order valence-electron chi connectivity index (χ2n) is 25.0. The van der Waals surface area contributed by atoms with Crippen LogP contribution in [0.2, 0.25) is 0 Å². The molecule has 17 unspecified atom stereocenters. The highest BCUT2D eigenvalue weighted by Crippen LogP contribution is 2.33.